The van der Waals surface area contributed by atoms with Gasteiger partial charge in [0.2, 0.25) is 0 Å². The number of nitrogens with zero attached hydrogens (tertiary/aromatic N) is 3. The average Bonchev–Trinajstić information content (AvgIpc) is 2.95. The Balaban J connectivity index is 0.00000192. The number of aromatic nitrogens is 2. The summed E-state index contributed by atoms with van der Waals surface area (Å²) in [5.74, 6) is 2.55. The van der Waals surface area contributed by atoms with Crippen LogP contribution in [-0.4, -0.2) is 40.5 Å². The molecule has 6 heteroatoms. The molecule has 2 aromatic rings. The van der Waals surface area contributed by atoms with Crippen LogP contribution in [0.1, 0.15) is 32.0 Å². The van der Waals surface area contributed by atoms with E-state index in [-0.39, 0.29) is 24.0 Å². The van der Waals surface area contributed by atoms with Crippen LogP contribution in [0.4, 0.5) is 0 Å². The highest BCUT2D eigenvalue weighted by Gasteiger charge is 2.16. The molecular formula is C17H26IN5. The van der Waals surface area contributed by atoms with Crippen molar-refractivity contribution >= 4 is 41.0 Å². The van der Waals surface area contributed by atoms with Crippen LogP contribution in [0.2, 0.25) is 0 Å². The molecule has 1 aliphatic rings. The lowest BCUT2D eigenvalue weighted by molar-refractivity contribution is 0.277. The summed E-state index contributed by atoms with van der Waals surface area (Å²) in [4.78, 5) is 14.7. The number of halogens is 1. The fourth-order valence-electron chi connectivity index (χ4n) is 2.90. The Morgan fingerprint density at radius 2 is 2.09 bits per heavy atom. The summed E-state index contributed by atoms with van der Waals surface area (Å²) in [5.41, 5.74) is 8.22. The molecule has 1 fully saturated rings. The molecule has 1 aromatic heterocycles. The minimum Gasteiger partial charge on any atom is -0.370 e. The summed E-state index contributed by atoms with van der Waals surface area (Å²) in [7, 11) is 0. The predicted octanol–water partition coefficient (Wildman–Crippen LogP) is 3.16. The number of guanidine groups is 1. The SMILES string of the molecule is CC1CCN(C(N)=NCCCc2nc3ccccc3[nH]2)CC1.I. The minimum absolute atomic E-state index is 0. The van der Waals surface area contributed by atoms with Gasteiger partial charge < -0.3 is 15.6 Å². The maximum atomic E-state index is 6.09. The number of fused-ring (bicyclic) bond motifs is 1. The highest BCUT2D eigenvalue weighted by Crippen LogP contribution is 2.15. The lowest BCUT2D eigenvalue weighted by Crippen LogP contribution is -2.42. The van der Waals surface area contributed by atoms with Crippen molar-refractivity contribution in [1.82, 2.24) is 14.9 Å². The number of nitrogens with two attached hydrogens (primary N) is 1. The number of H-pyrrole nitrogens is 1. The Hall–Kier alpha value is -1.31. The van der Waals surface area contributed by atoms with Gasteiger partial charge in [-0.2, -0.15) is 0 Å². The van der Waals surface area contributed by atoms with Gasteiger partial charge in [0.15, 0.2) is 5.96 Å². The molecule has 23 heavy (non-hydrogen) atoms. The predicted molar refractivity (Wildman–Crippen MR) is 106 cm³/mol. The van der Waals surface area contributed by atoms with Crippen LogP contribution in [-0.2, 0) is 6.42 Å². The largest absolute Gasteiger partial charge is 0.370 e. The zero-order valence-electron chi connectivity index (χ0n) is 13.7. The van der Waals surface area contributed by atoms with E-state index in [0.717, 1.165) is 55.3 Å². The van der Waals surface area contributed by atoms with Crippen molar-refractivity contribution in [2.45, 2.75) is 32.6 Å². The number of likely N-dealkylation sites (tertiary alicyclic amines) is 1. The zero-order valence-corrected chi connectivity index (χ0v) is 16.0. The van der Waals surface area contributed by atoms with Crippen molar-refractivity contribution in [2.75, 3.05) is 19.6 Å². The monoisotopic (exact) mass is 427 g/mol. The van der Waals surface area contributed by atoms with Crippen molar-refractivity contribution < 1.29 is 0 Å². The number of hydrogen-bond donors (Lipinski definition) is 2. The number of nitrogens with one attached hydrogen (secondary N) is 1. The molecule has 0 unspecified atom stereocenters. The number of benzene rings is 1. The standard InChI is InChI=1S/C17H25N5.HI/c1-13-8-11-22(12-9-13)17(18)19-10-4-7-16-20-14-5-2-3-6-15(14)21-16;/h2-3,5-6,13H,4,7-12H2,1H3,(H2,18,19)(H,20,21);1H. The van der Waals surface area contributed by atoms with E-state index in [2.05, 4.69) is 32.9 Å². The van der Waals surface area contributed by atoms with Crippen molar-refractivity contribution in [3.63, 3.8) is 0 Å². The van der Waals surface area contributed by atoms with Crippen LogP contribution in [0.15, 0.2) is 29.3 Å². The van der Waals surface area contributed by atoms with Gasteiger partial charge in [-0.15, -0.1) is 24.0 Å². The Bertz CT molecular complexity index is 610. The molecule has 0 bridgehead atoms. The molecule has 0 amide bonds. The lowest BCUT2D eigenvalue weighted by Gasteiger charge is -2.31. The molecule has 5 nitrogen and oxygen atoms in total. The van der Waals surface area contributed by atoms with Crippen LogP contribution >= 0.6 is 24.0 Å². The van der Waals surface area contributed by atoms with E-state index >= 15 is 0 Å². The molecule has 126 valence electrons. The third-order valence-corrected chi connectivity index (χ3v) is 4.39. The molecule has 0 atom stereocenters. The quantitative estimate of drug-likeness (QED) is 0.341. The van der Waals surface area contributed by atoms with E-state index in [9.17, 15) is 0 Å². The molecule has 0 saturated carbocycles. The van der Waals surface area contributed by atoms with Crippen LogP contribution in [0.25, 0.3) is 11.0 Å². The second-order valence-electron chi connectivity index (χ2n) is 6.21. The van der Waals surface area contributed by atoms with E-state index in [1.54, 1.807) is 0 Å². The molecule has 2 heterocycles. The van der Waals surface area contributed by atoms with Gasteiger partial charge in [0.1, 0.15) is 5.82 Å². The molecular weight excluding hydrogens is 401 g/mol. The van der Waals surface area contributed by atoms with Gasteiger partial charge in [-0.25, -0.2) is 4.98 Å². The van der Waals surface area contributed by atoms with Gasteiger partial charge in [0, 0.05) is 26.1 Å². The number of piperidine rings is 1. The van der Waals surface area contributed by atoms with Gasteiger partial charge in [-0.3, -0.25) is 4.99 Å². The average molecular weight is 427 g/mol. The van der Waals surface area contributed by atoms with Crippen LogP contribution < -0.4 is 5.73 Å². The first-order valence-electron chi connectivity index (χ1n) is 8.21. The second-order valence-corrected chi connectivity index (χ2v) is 6.21. The third-order valence-electron chi connectivity index (χ3n) is 4.39. The van der Waals surface area contributed by atoms with E-state index in [1.165, 1.54) is 12.8 Å². The van der Waals surface area contributed by atoms with Gasteiger partial charge in [0.25, 0.3) is 0 Å². The first-order chi connectivity index (χ1) is 10.7. The number of aryl methyl sites for hydroxylation is 1. The van der Waals surface area contributed by atoms with E-state index in [1.807, 2.05) is 18.2 Å². The number of hydrogen-bond acceptors (Lipinski definition) is 2. The van der Waals surface area contributed by atoms with Gasteiger partial charge in [0.05, 0.1) is 11.0 Å². The van der Waals surface area contributed by atoms with Gasteiger partial charge >= 0.3 is 0 Å². The minimum atomic E-state index is 0. The Morgan fingerprint density at radius 1 is 1.35 bits per heavy atom. The molecule has 1 saturated heterocycles. The number of para-hydroxylation sites is 2. The smallest absolute Gasteiger partial charge is 0.191 e. The topological polar surface area (TPSA) is 70.3 Å². The van der Waals surface area contributed by atoms with Crippen molar-refractivity contribution in [2.24, 2.45) is 16.6 Å². The highest BCUT2D eigenvalue weighted by atomic mass is 127. The van der Waals surface area contributed by atoms with Gasteiger partial charge in [-0.1, -0.05) is 19.1 Å². The maximum absolute atomic E-state index is 6.09. The van der Waals surface area contributed by atoms with Crippen LogP contribution in [0, 0.1) is 5.92 Å². The summed E-state index contributed by atoms with van der Waals surface area (Å²) < 4.78 is 0. The summed E-state index contributed by atoms with van der Waals surface area (Å²) in [6, 6.07) is 8.12. The van der Waals surface area contributed by atoms with E-state index in [0.29, 0.717) is 5.96 Å². The highest BCUT2D eigenvalue weighted by molar-refractivity contribution is 14.0. The van der Waals surface area contributed by atoms with Crippen LogP contribution in [0.5, 0.6) is 0 Å². The normalized spacial score (nSPS) is 16.6. The number of rotatable bonds is 4. The Labute approximate surface area is 154 Å². The third kappa shape index (κ3) is 4.83. The molecule has 1 aliphatic heterocycles. The number of aromatic amines is 1. The molecule has 3 N–H and O–H groups in total. The maximum Gasteiger partial charge on any atom is 0.191 e. The fraction of sp³-hybridized carbons (Fsp3) is 0.529. The summed E-state index contributed by atoms with van der Waals surface area (Å²) in [6.07, 6.45) is 4.30. The molecule has 0 aliphatic carbocycles. The summed E-state index contributed by atoms with van der Waals surface area (Å²) in [5, 5.41) is 0. The second kappa shape index (κ2) is 8.52. The number of imidazole rings is 1. The summed E-state index contributed by atoms with van der Waals surface area (Å²) >= 11 is 0. The van der Waals surface area contributed by atoms with Crippen LogP contribution in [0.3, 0.4) is 0 Å². The Kier molecular flexibility index (Phi) is 6.68. The van der Waals surface area contributed by atoms with Crippen molar-refractivity contribution in [3.8, 4) is 0 Å². The first kappa shape index (κ1) is 18.0. The van der Waals surface area contributed by atoms with Crippen molar-refractivity contribution in [3.05, 3.63) is 30.1 Å². The molecule has 0 radical (unpaired) electrons. The fourth-order valence-corrected chi connectivity index (χ4v) is 2.90. The zero-order chi connectivity index (χ0) is 15.4. The lowest BCUT2D eigenvalue weighted by atomic mass is 10.00. The summed E-state index contributed by atoms with van der Waals surface area (Å²) in [6.45, 7) is 5.15. The number of aliphatic imine (C=N–C) groups is 1. The van der Waals surface area contributed by atoms with Gasteiger partial charge in [-0.05, 0) is 37.3 Å². The van der Waals surface area contributed by atoms with E-state index in [4.69, 9.17) is 5.73 Å². The first-order valence-corrected chi connectivity index (χ1v) is 8.21. The Morgan fingerprint density at radius 3 is 2.83 bits per heavy atom. The molecule has 1 aromatic carbocycles. The van der Waals surface area contributed by atoms with E-state index < -0.39 is 0 Å². The van der Waals surface area contributed by atoms with Crippen molar-refractivity contribution in [1.29, 1.82) is 0 Å². The molecule has 3 rings (SSSR count). The molecule has 0 spiro atoms.